The Morgan fingerprint density at radius 3 is 2.80 bits per heavy atom. The number of aromatic nitrogens is 2. The van der Waals surface area contributed by atoms with Crippen molar-refractivity contribution in [3.63, 3.8) is 0 Å². The lowest BCUT2D eigenvalue weighted by Gasteiger charge is -1.96. The molecular formula is C5H4ClIN2S. The van der Waals surface area contributed by atoms with Crippen LogP contribution in [0.5, 0.6) is 0 Å². The Bertz CT molecular complexity index is 309. The molecule has 0 aliphatic rings. The van der Waals surface area contributed by atoms with E-state index in [9.17, 15) is 0 Å². The predicted molar refractivity (Wildman–Crippen MR) is 51.9 cm³/mol. The van der Waals surface area contributed by atoms with Crippen molar-refractivity contribution in [3.8, 4) is 0 Å². The summed E-state index contributed by atoms with van der Waals surface area (Å²) in [7, 11) is 0. The second kappa shape index (κ2) is 3.15. The summed E-state index contributed by atoms with van der Waals surface area (Å²) in [6.45, 7) is 1.82. The van der Waals surface area contributed by atoms with Crippen LogP contribution in [0, 0.1) is 15.1 Å². The lowest BCUT2D eigenvalue weighted by Crippen LogP contribution is -1.91. The summed E-state index contributed by atoms with van der Waals surface area (Å²) in [6.07, 6.45) is 0. The molecule has 1 heterocycles. The van der Waals surface area contributed by atoms with Crippen LogP contribution in [-0.4, -0.2) is 9.97 Å². The number of H-pyrrole nitrogens is 1. The molecule has 0 amide bonds. The highest BCUT2D eigenvalue weighted by Gasteiger charge is 1.99. The molecule has 0 unspecified atom stereocenters. The standard InChI is InChI=1S/C5H4ClIN2S/c1-2-8-4(6)3(7)5(10)9-2/h1H3,(H,8,9,10). The highest BCUT2D eigenvalue weighted by atomic mass is 127. The van der Waals surface area contributed by atoms with Gasteiger partial charge in [0.15, 0.2) is 0 Å². The third kappa shape index (κ3) is 1.67. The van der Waals surface area contributed by atoms with Crippen LogP contribution in [-0.2, 0) is 0 Å². The molecule has 0 fully saturated rings. The number of nitrogens with zero attached hydrogens (tertiary/aromatic N) is 1. The van der Waals surface area contributed by atoms with E-state index < -0.39 is 0 Å². The minimum absolute atomic E-state index is 0.557. The molecule has 0 radical (unpaired) electrons. The molecule has 5 heteroatoms. The van der Waals surface area contributed by atoms with Gasteiger partial charge in [-0.05, 0) is 29.5 Å². The zero-order valence-electron chi connectivity index (χ0n) is 5.11. The molecule has 1 rings (SSSR count). The molecule has 1 N–H and O–H groups in total. The van der Waals surface area contributed by atoms with E-state index in [0.717, 1.165) is 9.39 Å². The highest BCUT2D eigenvalue weighted by Crippen LogP contribution is 2.15. The smallest absolute Gasteiger partial charge is 0.144 e. The lowest BCUT2D eigenvalue weighted by molar-refractivity contribution is 1.03. The van der Waals surface area contributed by atoms with Gasteiger partial charge in [-0.15, -0.1) is 0 Å². The van der Waals surface area contributed by atoms with Crippen LogP contribution in [0.3, 0.4) is 0 Å². The molecule has 10 heavy (non-hydrogen) atoms. The minimum atomic E-state index is 0.557. The van der Waals surface area contributed by atoms with E-state index in [1.165, 1.54) is 0 Å². The van der Waals surface area contributed by atoms with Crippen LogP contribution in [0.25, 0.3) is 0 Å². The maximum Gasteiger partial charge on any atom is 0.144 e. The van der Waals surface area contributed by atoms with Gasteiger partial charge in [-0.2, -0.15) is 0 Å². The van der Waals surface area contributed by atoms with E-state index in [0.29, 0.717) is 9.79 Å². The lowest BCUT2D eigenvalue weighted by atomic mass is 10.6. The van der Waals surface area contributed by atoms with Gasteiger partial charge in [-0.25, -0.2) is 4.98 Å². The van der Waals surface area contributed by atoms with Crippen LogP contribution >= 0.6 is 46.4 Å². The molecule has 1 aromatic rings. The Morgan fingerprint density at radius 1 is 1.70 bits per heavy atom. The normalized spacial score (nSPS) is 9.90. The molecule has 0 aromatic carbocycles. The number of hydrogen-bond donors (Lipinski definition) is 1. The van der Waals surface area contributed by atoms with Gasteiger partial charge < -0.3 is 4.98 Å². The van der Waals surface area contributed by atoms with E-state index in [1.807, 2.05) is 6.92 Å². The molecule has 0 aliphatic heterocycles. The Labute approximate surface area is 82.2 Å². The molecule has 2 nitrogen and oxygen atoms in total. The molecule has 54 valence electrons. The topological polar surface area (TPSA) is 28.7 Å². The van der Waals surface area contributed by atoms with Crippen molar-refractivity contribution in [1.29, 1.82) is 0 Å². The SMILES string of the molecule is Cc1nc(=S)c(I)c(Cl)[nH]1. The first-order valence-corrected chi connectivity index (χ1v) is 4.39. The quantitative estimate of drug-likeness (QED) is 0.451. The Balaban J connectivity index is 3.46. The van der Waals surface area contributed by atoms with Gasteiger partial charge in [0.2, 0.25) is 0 Å². The third-order valence-corrected chi connectivity index (χ3v) is 3.25. The molecule has 0 atom stereocenters. The number of halogens is 2. The monoisotopic (exact) mass is 286 g/mol. The predicted octanol–water partition coefficient (Wildman–Crippen LogP) is 2.71. The van der Waals surface area contributed by atoms with Crippen LogP contribution in [0.1, 0.15) is 5.82 Å². The largest absolute Gasteiger partial charge is 0.334 e. The molecule has 0 saturated carbocycles. The molecule has 0 saturated heterocycles. The zero-order chi connectivity index (χ0) is 7.72. The average Bonchev–Trinajstić information content (AvgIpc) is 1.82. The molecule has 0 spiro atoms. The fraction of sp³-hybridized carbons (Fsp3) is 0.200. The van der Waals surface area contributed by atoms with Crippen molar-refractivity contribution in [2.75, 3.05) is 0 Å². The summed E-state index contributed by atoms with van der Waals surface area (Å²) in [6, 6.07) is 0. The van der Waals surface area contributed by atoms with Crippen molar-refractivity contribution in [1.82, 2.24) is 9.97 Å². The Morgan fingerprint density at radius 2 is 2.30 bits per heavy atom. The first-order chi connectivity index (χ1) is 4.61. The van der Waals surface area contributed by atoms with E-state index in [2.05, 4.69) is 32.6 Å². The summed E-state index contributed by atoms with van der Waals surface area (Å²) in [5.41, 5.74) is 0. The summed E-state index contributed by atoms with van der Waals surface area (Å²) in [5.74, 6) is 0.746. The van der Waals surface area contributed by atoms with E-state index in [-0.39, 0.29) is 0 Å². The second-order valence-electron chi connectivity index (χ2n) is 1.76. The first kappa shape index (κ1) is 8.42. The van der Waals surface area contributed by atoms with Gasteiger partial charge in [0.1, 0.15) is 15.6 Å². The van der Waals surface area contributed by atoms with Crippen molar-refractivity contribution < 1.29 is 0 Å². The number of aromatic amines is 1. The number of hydrogen-bond acceptors (Lipinski definition) is 2. The first-order valence-electron chi connectivity index (χ1n) is 2.53. The van der Waals surface area contributed by atoms with Crippen molar-refractivity contribution >= 4 is 46.4 Å². The number of aryl methyl sites for hydroxylation is 1. The van der Waals surface area contributed by atoms with E-state index in [4.69, 9.17) is 23.8 Å². The Hall–Kier alpha value is 0.320. The Kier molecular flexibility index (Phi) is 2.65. The number of rotatable bonds is 0. The summed E-state index contributed by atoms with van der Waals surface area (Å²) in [5, 5.41) is 0.568. The van der Waals surface area contributed by atoms with Crippen LogP contribution < -0.4 is 0 Å². The zero-order valence-corrected chi connectivity index (χ0v) is 8.84. The van der Waals surface area contributed by atoms with Gasteiger partial charge in [0.25, 0.3) is 0 Å². The average molecular weight is 287 g/mol. The van der Waals surface area contributed by atoms with Gasteiger partial charge in [-0.1, -0.05) is 23.8 Å². The van der Waals surface area contributed by atoms with Crippen molar-refractivity contribution in [2.45, 2.75) is 6.92 Å². The minimum Gasteiger partial charge on any atom is -0.334 e. The van der Waals surface area contributed by atoms with Crippen LogP contribution in [0.4, 0.5) is 0 Å². The highest BCUT2D eigenvalue weighted by molar-refractivity contribution is 14.1. The molecule has 0 aliphatic carbocycles. The van der Waals surface area contributed by atoms with Crippen molar-refractivity contribution in [2.24, 2.45) is 0 Å². The van der Waals surface area contributed by atoms with Gasteiger partial charge in [-0.3, -0.25) is 0 Å². The van der Waals surface area contributed by atoms with Gasteiger partial charge in [0.05, 0.1) is 3.57 Å². The third-order valence-electron chi connectivity index (χ3n) is 0.940. The maximum atomic E-state index is 5.75. The van der Waals surface area contributed by atoms with Crippen molar-refractivity contribution in [3.05, 3.63) is 19.2 Å². The van der Waals surface area contributed by atoms with Gasteiger partial charge in [0, 0.05) is 0 Å². The second-order valence-corrected chi connectivity index (χ2v) is 3.60. The molecular weight excluding hydrogens is 282 g/mol. The summed E-state index contributed by atoms with van der Waals surface area (Å²) < 4.78 is 1.36. The summed E-state index contributed by atoms with van der Waals surface area (Å²) >= 11 is 12.7. The molecule has 0 bridgehead atoms. The van der Waals surface area contributed by atoms with Crippen LogP contribution in [0.2, 0.25) is 5.15 Å². The number of nitrogens with one attached hydrogen (secondary N) is 1. The van der Waals surface area contributed by atoms with E-state index in [1.54, 1.807) is 0 Å². The fourth-order valence-electron chi connectivity index (χ4n) is 0.537. The van der Waals surface area contributed by atoms with E-state index >= 15 is 0 Å². The summed E-state index contributed by atoms with van der Waals surface area (Å²) in [4.78, 5) is 6.86. The van der Waals surface area contributed by atoms with Crippen LogP contribution in [0.15, 0.2) is 0 Å². The fourth-order valence-corrected chi connectivity index (χ4v) is 1.31. The molecule has 1 aromatic heterocycles. The maximum absolute atomic E-state index is 5.75. The van der Waals surface area contributed by atoms with Gasteiger partial charge >= 0.3 is 0 Å².